The monoisotopic (exact) mass is 316 g/mol. The molecule has 22 heavy (non-hydrogen) atoms. The highest BCUT2D eigenvalue weighted by Gasteiger charge is 2.52. The van der Waals surface area contributed by atoms with Gasteiger partial charge in [0.1, 0.15) is 0 Å². The first-order chi connectivity index (χ1) is 10.3. The standard InChI is InChI=1S/C14H19F3N4O/c1-20-8-11(12(9-20)14(15,16)17)13(22)21(2)6-3-10-7-18-4-5-19-10/h4-5,7,11-12H,3,6,8-9H2,1-2H3/t11-,12-/m1/s1. The second-order valence-electron chi connectivity index (χ2n) is 5.68. The minimum Gasteiger partial charge on any atom is -0.345 e. The zero-order valence-electron chi connectivity index (χ0n) is 12.5. The number of rotatable bonds is 4. The van der Waals surface area contributed by atoms with Crippen LogP contribution >= 0.6 is 0 Å². The first-order valence-electron chi connectivity index (χ1n) is 7.04. The Morgan fingerprint density at radius 3 is 2.73 bits per heavy atom. The highest BCUT2D eigenvalue weighted by Crippen LogP contribution is 2.37. The summed E-state index contributed by atoms with van der Waals surface area (Å²) in [7, 11) is 3.13. The van der Waals surface area contributed by atoms with Crippen LogP contribution in [-0.2, 0) is 11.2 Å². The van der Waals surface area contributed by atoms with Crippen LogP contribution in [0.3, 0.4) is 0 Å². The molecule has 1 saturated heterocycles. The van der Waals surface area contributed by atoms with Crippen molar-refractivity contribution in [2.75, 3.05) is 33.7 Å². The third kappa shape index (κ3) is 3.94. The molecule has 5 nitrogen and oxygen atoms in total. The summed E-state index contributed by atoms with van der Waals surface area (Å²) >= 11 is 0. The number of carbonyl (C=O) groups is 1. The van der Waals surface area contributed by atoms with Gasteiger partial charge in [-0.15, -0.1) is 0 Å². The maximum absolute atomic E-state index is 13.0. The lowest BCUT2D eigenvalue weighted by molar-refractivity contribution is -0.185. The van der Waals surface area contributed by atoms with Gasteiger partial charge in [0.15, 0.2) is 0 Å². The van der Waals surface area contributed by atoms with Gasteiger partial charge in [-0.2, -0.15) is 13.2 Å². The van der Waals surface area contributed by atoms with E-state index < -0.39 is 23.9 Å². The fourth-order valence-corrected chi connectivity index (χ4v) is 2.72. The van der Waals surface area contributed by atoms with E-state index in [2.05, 4.69) is 9.97 Å². The quantitative estimate of drug-likeness (QED) is 0.838. The minimum absolute atomic E-state index is 0.127. The molecule has 1 fully saturated rings. The normalized spacial score (nSPS) is 22.8. The van der Waals surface area contributed by atoms with Crippen LogP contribution in [0.25, 0.3) is 0 Å². The Balaban J connectivity index is 1.97. The molecular weight excluding hydrogens is 297 g/mol. The van der Waals surface area contributed by atoms with E-state index in [1.807, 2.05) is 0 Å². The largest absolute Gasteiger partial charge is 0.393 e. The summed E-state index contributed by atoms with van der Waals surface area (Å²) < 4.78 is 39.1. The molecule has 0 saturated carbocycles. The summed E-state index contributed by atoms with van der Waals surface area (Å²) in [5, 5.41) is 0. The molecule has 0 unspecified atom stereocenters. The van der Waals surface area contributed by atoms with Crippen molar-refractivity contribution in [3.63, 3.8) is 0 Å². The van der Waals surface area contributed by atoms with Gasteiger partial charge < -0.3 is 9.80 Å². The highest BCUT2D eigenvalue weighted by atomic mass is 19.4. The highest BCUT2D eigenvalue weighted by molar-refractivity contribution is 5.79. The first kappa shape index (κ1) is 16.7. The van der Waals surface area contributed by atoms with E-state index in [4.69, 9.17) is 0 Å². The number of halogens is 3. The SMILES string of the molecule is CN1C[C@@H](C(F)(F)F)[C@H](C(=O)N(C)CCc2cnccn2)C1. The molecule has 2 atom stereocenters. The van der Waals surface area contributed by atoms with Crippen LogP contribution in [0.5, 0.6) is 0 Å². The van der Waals surface area contributed by atoms with E-state index in [9.17, 15) is 18.0 Å². The number of amides is 1. The molecular formula is C14H19F3N4O. The van der Waals surface area contributed by atoms with Crippen molar-refractivity contribution in [1.82, 2.24) is 19.8 Å². The van der Waals surface area contributed by atoms with Crippen molar-refractivity contribution in [3.05, 3.63) is 24.3 Å². The number of aromatic nitrogens is 2. The molecule has 1 aromatic heterocycles. The molecule has 0 bridgehead atoms. The van der Waals surface area contributed by atoms with Gasteiger partial charge in [-0.25, -0.2) is 0 Å². The smallest absolute Gasteiger partial charge is 0.345 e. The Hall–Kier alpha value is -1.70. The van der Waals surface area contributed by atoms with E-state index in [-0.39, 0.29) is 13.1 Å². The minimum atomic E-state index is -4.35. The topological polar surface area (TPSA) is 49.3 Å². The fraction of sp³-hybridized carbons (Fsp3) is 0.643. The van der Waals surface area contributed by atoms with Crippen molar-refractivity contribution in [1.29, 1.82) is 0 Å². The maximum Gasteiger partial charge on any atom is 0.393 e. The van der Waals surface area contributed by atoms with Crippen molar-refractivity contribution in [2.45, 2.75) is 12.6 Å². The van der Waals surface area contributed by atoms with Gasteiger partial charge in [0.05, 0.1) is 17.5 Å². The average Bonchev–Trinajstić information content (AvgIpc) is 2.87. The molecule has 8 heteroatoms. The number of likely N-dealkylation sites (tertiary alicyclic amines) is 1. The Morgan fingerprint density at radius 1 is 1.41 bits per heavy atom. The first-order valence-corrected chi connectivity index (χ1v) is 7.04. The number of hydrogen-bond acceptors (Lipinski definition) is 4. The second-order valence-corrected chi connectivity index (χ2v) is 5.68. The molecule has 1 aromatic rings. The van der Waals surface area contributed by atoms with E-state index >= 15 is 0 Å². The van der Waals surface area contributed by atoms with E-state index in [1.165, 1.54) is 11.9 Å². The summed E-state index contributed by atoms with van der Waals surface area (Å²) in [5.41, 5.74) is 0.707. The van der Waals surface area contributed by atoms with E-state index in [0.29, 0.717) is 18.7 Å². The van der Waals surface area contributed by atoms with Gasteiger partial charge in [-0.1, -0.05) is 0 Å². The molecule has 1 aliphatic rings. The lowest BCUT2D eigenvalue weighted by Crippen LogP contribution is -2.41. The zero-order chi connectivity index (χ0) is 16.3. The van der Waals surface area contributed by atoms with Gasteiger partial charge in [-0.05, 0) is 7.05 Å². The van der Waals surface area contributed by atoms with Crippen molar-refractivity contribution in [2.24, 2.45) is 11.8 Å². The third-order valence-electron chi connectivity index (χ3n) is 3.94. The van der Waals surface area contributed by atoms with Gasteiger partial charge in [-0.3, -0.25) is 14.8 Å². The van der Waals surface area contributed by atoms with Crippen molar-refractivity contribution >= 4 is 5.91 Å². The van der Waals surface area contributed by atoms with Crippen molar-refractivity contribution < 1.29 is 18.0 Å². The number of hydrogen-bond donors (Lipinski definition) is 0. The van der Waals surface area contributed by atoms with Crippen LogP contribution < -0.4 is 0 Å². The predicted octanol–water partition coefficient (Wildman–Crippen LogP) is 1.22. The number of alkyl halides is 3. The molecule has 0 aliphatic carbocycles. The molecule has 1 aliphatic heterocycles. The Kier molecular flexibility index (Phi) is 5.00. The summed E-state index contributed by atoms with van der Waals surface area (Å²) in [6.07, 6.45) is 0.787. The molecule has 2 heterocycles. The van der Waals surface area contributed by atoms with Crippen molar-refractivity contribution in [3.8, 4) is 0 Å². The van der Waals surface area contributed by atoms with E-state index in [1.54, 1.807) is 30.5 Å². The molecule has 2 rings (SSSR count). The molecule has 0 aromatic carbocycles. The average molecular weight is 316 g/mol. The Labute approximate surface area is 127 Å². The van der Waals surface area contributed by atoms with Crippen LogP contribution in [-0.4, -0.2) is 65.6 Å². The van der Waals surface area contributed by atoms with Gasteiger partial charge in [0.25, 0.3) is 0 Å². The van der Waals surface area contributed by atoms with Gasteiger partial charge >= 0.3 is 6.18 Å². The lowest BCUT2D eigenvalue weighted by Gasteiger charge is -2.25. The molecule has 122 valence electrons. The van der Waals surface area contributed by atoms with Crippen LogP contribution in [0.2, 0.25) is 0 Å². The summed E-state index contributed by atoms with van der Waals surface area (Å²) in [5.74, 6) is -3.09. The third-order valence-corrected chi connectivity index (χ3v) is 3.94. The van der Waals surface area contributed by atoms with Crippen LogP contribution in [0, 0.1) is 11.8 Å². The molecule has 1 amide bonds. The Morgan fingerprint density at radius 2 is 2.14 bits per heavy atom. The Bertz CT molecular complexity index is 509. The molecule has 0 spiro atoms. The molecule has 0 radical (unpaired) electrons. The second kappa shape index (κ2) is 6.60. The summed E-state index contributed by atoms with van der Waals surface area (Å²) in [4.78, 5) is 23.2. The molecule has 0 N–H and O–H groups in total. The predicted molar refractivity (Wildman–Crippen MR) is 73.9 cm³/mol. The fourth-order valence-electron chi connectivity index (χ4n) is 2.72. The lowest BCUT2D eigenvalue weighted by atomic mass is 9.94. The summed E-state index contributed by atoms with van der Waals surface area (Å²) in [6.45, 7) is 0.332. The van der Waals surface area contributed by atoms with Crippen LogP contribution in [0.15, 0.2) is 18.6 Å². The number of nitrogens with zero attached hydrogens (tertiary/aromatic N) is 4. The van der Waals surface area contributed by atoms with Gasteiger partial charge in [0, 0.05) is 51.7 Å². The maximum atomic E-state index is 13.0. The summed E-state index contributed by atoms with van der Waals surface area (Å²) in [6, 6.07) is 0. The van der Waals surface area contributed by atoms with E-state index in [0.717, 1.165) is 0 Å². The number of likely N-dealkylation sites (N-methyl/N-ethyl adjacent to an activating group) is 1. The number of carbonyl (C=O) groups excluding carboxylic acids is 1. The van der Waals surface area contributed by atoms with Gasteiger partial charge in [0.2, 0.25) is 5.91 Å². The zero-order valence-corrected chi connectivity index (χ0v) is 12.5. The van der Waals surface area contributed by atoms with Crippen LogP contribution in [0.1, 0.15) is 5.69 Å². The van der Waals surface area contributed by atoms with Crippen LogP contribution in [0.4, 0.5) is 13.2 Å².